The van der Waals surface area contributed by atoms with Gasteiger partial charge in [-0.3, -0.25) is 0 Å². The second-order valence-corrected chi connectivity index (χ2v) is 6.78. The molecular formula is C15H24N2O2S. The second-order valence-electron chi connectivity index (χ2n) is 5.69. The van der Waals surface area contributed by atoms with Crippen molar-refractivity contribution >= 4 is 11.3 Å². The fourth-order valence-electron chi connectivity index (χ4n) is 2.81. The zero-order chi connectivity index (χ0) is 14.0. The van der Waals surface area contributed by atoms with Crippen LogP contribution in [0.2, 0.25) is 0 Å². The average molecular weight is 296 g/mol. The molecule has 2 fully saturated rings. The highest BCUT2D eigenvalue weighted by molar-refractivity contribution is 7.11. The molecule has 20 heavy (non-hydrogen) atoms. The average Bonchev–Trinajstić information content (AvgIpc) is 3.25. The Morgan fingerprint density at radius 2 is 2.15 bits per heavy atom. The molecule has 2 aliphatic rings. The number of aromatic nitrogens is 1. The maximum absolute atomic E-state index is 5.89. The van der Waals surface area contributed by atoms with E-state index < -0.39 is 0 Å². The van der Waals surface area contributed by atoms with E-state index in [1.54, 1.807) is 0 Å². The molecular weight excluding hydrogens is 272 g/mol. The largest absolute Gasteiger partial charge is 0.381 e. The minimum absolute atomic E-state index is 0.211. The van der Waals surface area contributed by atoms with Gasteiger partial charge in [0, 0.05) is 50.5 Å². The Bertz CT molecular complexity index is 451. The van der Waals surface area contributed by atoms with E-state index in [4.69, 9.17) is 14.5 Å². The summed E-state index contributed by atoms with van der Waals surface area (Å²) in [5, 5.41) is 4.60. The van der Waals surface area contributed by atoms with Crippen molar-refractivity contribution in [2.45, 2.75) is 50.7 Å². The lowest BCUT2D eigenvalue weighted by molar-refractivity contribution is -0.0948. The first-order chi connectivity index (χ1) is 9.79. The van der Waals surface area contributed by atoms with Crippen LogP contribution in [0.15, 0.2) is 0 Å². The molecule has 3 rings (SSSR count). The number of nitrogens with zero attached hydrogens (tertiary/aromatic N) is 1. The topological polar surface area (TPSA) is 43.4 Å². The molecule has 0 unspecified atom stereocenters. The van der Waals surface area contributed by atoms with Gasteiger partial charge in [0.05, 0.1) is 5.69 Å². The Morgan fingerprint density at radius 1 is 1.40 bits per heavy atom. The summed E-state index contributed by atoms with van der Waals surface area (Å²) in [6.45, 7) is 5.63. The summed E-state index contributed by atoms with van der Waals surface area (Å²) in [5.74, 6) is 0.697. The van der Waals surface area contributed by atoms with Crippen molar-refractivity contribution in [2.75, 3.05) is 26.9 Å². The molecule has 1 saturated heterocycles. The van der Waals surface area contributed by atoms with Crippen LogP contribution in [0.5, 0.6) is 0 Å². The Labute approximate surface area is 124 Å². The highest BCUT2D eigenvalue weighted by Crippen LogP contribution is 2.46. The number of nitrogens with one attached hydrogen (secondary N) is 1. The van der Waals surface area contributed by atoms with E-state index in [2.05, 4.69) is 12.2 Å². The van der Waals surface area contributed by atoms with Crippen molar-refractivity contribution in [2.24, 2.45) is 0 Å². The summed E-state index contributed by atoms with van der Waals surface area (Å²) in [5.41, 5.74) is 1.12. The summed E-state index contributed by atoms with van der Waals surface area (Å²) in [6.07, 6.45) is 4.43. The first-order valence-electron chi connectivity index (χ1n) is 7.63. The molecule has 1 aromatic heterocycles. The van der Waals surface area contributed by atoms with E-state index in [0.717, 1.165) is 44.2 Å². The Hall–Kier alpha value is -0.490. The SMILES string of the molecule is CCNCc1sc(C2(OC)CCOCC2)nc1C1CC1. The molecule has 1 aliphatic heterocycles. The van der Waals surface area contributed by atoms with E-state index in [0.29, 0.717) is 5.92 Å². The van der Waals surface area contributed by atoms with Gasteiger partial charge < -0.3 is 14.8 Å². The van der Waals surface area contributed by atoms with Crippen molar-refractivity contribution < 1.29 is 9.47 Å². The van der Waals surface area contributed by atoms with Crippen molar-refractivity contribution in [1.29, 1.82) is 0 Å². The van der Waals surface area contributed by atoms with Crippen LogP contribution in [-0.4, -0.2) is 31.9 Å². The maximum atomic E-state index is 5.89. The lowest BCUT2D eigenvalue weighted by Gasteiger charge is -2.33. The fourth-order valence-corrected chi connectivity index (χ4v) is 4.15. The first-order valence-corrected chi connectivity index (χ1v) is 8.44. The Balaban J connectivity index is 1.88. The van der Waals surface area contributed by atoms with E-state index in [1.165, 1.54) is 23.4 Å². The minimum Gasteiger partial charge on any atom is -0.381 e. The molecule has 5 heteroatoms. The number of rotatable bonds is 6. The van der Waals surface area contributed by atoms with Crippen LogP contribution < -0.4 is 5.32 Å². The van der Waals surface area contributed by atoms with Gasteiger partial charge in [-0.25, -0.2) is 4.98 Å². The minimum atomic E-state index is -0.211. The third kappa shape index (κ3) is 2.77. The van der Waals surface area contributed by atoms with Gasteiger partial charge >= 0.3 is 0 Å². The summed E-state index contributed by atoms with van der Waals surface area (Å²) < 4.78 is 11.4. The molecule has 2 heterocycles. The monoisotopic (exact) mass is 296 g/mol. The molecule has 0 spiro atoms. The van der Waals surface area contributed by atoms with Gasteiger partial charge in [0.25, 0.3) is 0 Å². The van der Waals surface area contributed by atoms with Crippen molar-refractivity contribution in [3.63, 3.8) is 0 Å². The van der Waals surface area contributed by atoms with Crippen LogP contribution in [0.3, 0.4) is 0 Å². The summed E-state index contributed by atoms with van der Waals surface area (Å²) in [6, 6.07) is 0. The standard InChI is InChI=1S/C15H24N2O2S/c1-3-16-10-12-13(11-4-5-11)17-14(20-12)15(18-2)6-8-19-9-7-15/h11,16H,3-10H2,1-2H3. The highest BCUT2D eigenvalue weighted by Gasteiger charge is 2.40. The van der Waals surface area contributed by atoms with Crippen LogP contribution in [0.4, 0.5) is 0 Å². The van der Waals surface area contributed by atoms with Crippen molar-refractivity contribution in [3.8, 4) is 0 Å². The van der Waals surface area contributed by atoms with Crippen molar-refractivity contribution in [3.05, 3.63) is 15.6 Å². The Morgan fingerprint density at radius 3 is 2.75 bits per heavy atom. The van der Waals surface area contributed by atoms with Crippen LogP contribution in [0.25, 0.3) is 0 Å². The van der Waals surface area contributed by atoms with Gasteiger partial charge in [0.1, 0.15) is 10.6 Å². The molecule has 0 bridgehead atoms. The second kappa shape index (κ2) is 6.10. The lowest BCUT2D eigenvalue weighted by Crippen LogP contribution is -2.35. The molecule has 0 atom stereocenters. The lowest BCUT2D eigenvalue weighted by atomic mass is 9.95. The van der Waals surface area contributed by atoms with E-state index in [9.17, 15) is 0 Å². The van der Waals surface area contributed by atoms with Gasteiger partial charge in [0.2, 0.25) is 0 Å². The summed E-state index contributed by atoms with van der Waals surface area (Å²) >= 11 is 1.84. The van der Waals surface area contributed by atoms with E-state index in [1.807, 2.05) is 18.4 Å². The molecule has 1 saturated carbocycles. The molecule has 112 valence electrons. The number of thiazole rings is 1. The smallest absolute Gasteiger partial charge is 0.125 e. The number of hydrogen-bond donors (Lipinski definition) is 1. The first kappa shape index (κ1) is 14.4. The van der Waals surface area contributed by atoms with E-state index >= 15 is 0 Å². The van der Waals surface area contributed by atoms with Crippen LogP contribution >= 0.6 is 11.3 Å². The predicted molar refractivity (Wildman–Crippen MR) is 80.2 cm³/mol. The molecule has 0 aromatic carbocycles. The third-order valence-corrected chi connectivity index (χ3v) is 5.56. The zero-order valence-corrected chi connectivity index (χ0v) is 13.2. The molecule has 0 amide bonds. The normalized spacial score (nSPS) is 22.1. The maximum Gasteiger partial charge on any atom is 0.125 e. The number of methoxy groups -OCH3 is 1. The number of ether oxygens (including phenoxy) is 2. The van der Waals surface area contributed by atoms with Crippen LogP contribution in [0, 0.1) is 0 Å². The zero-order valence-electron chi connectivity index (χ0n) is 12.4. The van der Waals surface area contributed by atoms with Gasteiger partial charge in [-0.05, 0) is 19.4 Å². The Kier molecular flexibility index (Phi) is 4.40. The molecule has 0 radical (unpaired) electrons. The van der Waals surface area contributed by atoms with Gasteiger partial charge in [-0.15, -0.1) is 11.3 Å². The fraction of sp³-hybridized carbons (Fsp3) is 0.800. The summed E-state index contributed by atoms with van der Waals surface area (Å²) in [7, 11) is 1.81. The molecule has 1 N–H and O–H groups in total. The van der Waals surface area contributed by atoms with Gasteiger partial charge in [-0.1, -0.05) is 6.92 Å². The highest BCUT2D eigenvalue weighted by atomic mass is 32.1. The van der Waals surface area contributed by atoms with Gasteiger partial charge in [0.15, 0.2) is 0 Å². The molecule has 4 nitrogen and oxygen atoms in total. The van der Waals surface area contributed by atoms with Crippen LogP contribution in [-0.2, 0) is 21.6 Å². The van der Waals surface area contributed by atoms with E-state index in [-0.39, 0.29) is 5.60 Å². The quantitative estimate of drug-likeness (QED) is 0.876. The summed E-state index contributed by atoms with van der Waals surface area (Å²) in [4.78, 5) is 6.40. The molecule has 1 aliphatic carbocycles. The van der Waals surface area contributed by atoms with Gasteiger partial charge in [-0.2, -0.15) is 0 Å². The van der Waals surface area contributed by atoms with Crippen LogP contribution in [0.1, 0.15) is 54.1 Å². The van der Waals surface area contributed by atoms with Crippen molar-refractivity contribution in [1.82, 2.24) is 10.3 Å². The number of hydrogen-bond acceptors (Lipinski definition) is 5. The molecule has 1 aromatic rings. The third-order valence-electron chi connectivity index (χ3n) is 4.31. The predicted octanol–water partition coefficient (Wildman–Crippen LogP) is 2.78.